The van der Waals surface area contributed by atoms with Crippen LogP contribution in [-0.4, -0.2) is 26.1 Å². The molecule has 3 aromatic heterocycles. The Morgan fingerprint density at radius 3 is 2.26 bits per heavy atom. The number of pyridine rings is 1. The smallest absolute Gasteiger partial charge is 0.197 e. The van der Waals surface area contributed by atoms with Crippen molar-refractivity contribution in [3.63, 3.8) is 0 Å². The van der Waals surface area contributed by atoms with E-state index in [1.54, 1.807) is 12.3 Å². The molecule has 2 aromatic carbocycles. The highest BCUT2D eigenvalue weighted by Gasteiger charge is 2.33. The number of benzene rings is 2. The quantitative estimate of drug-likeness (QED) is 0.286. The third-order valence-electron chi connectivity index (χ3n) is 5.69. The summed E-state index contributed by atoms with van der Waals surface area (Å²) in [6, 6.07) is 17.3. The van der Waals surface area contributed by atoms with Crippen LogP contribution in [0.5, 0.6) is 0 Å². The molecular weight excluding hydrogens is 406 g/mol. The maximum Gasteiger partial charge on any atom is 0.197 e. The Morgan fingerprint density at radius 1 is 0.935 bits per heavy atom. The van der Waals surface area contributed by atoms with E-state index in [4.69, 9.17) is 0 Å². The molecule has 6 heteroatoms. The SMILES string of the molecule is Cn1c(-c2cccnc2)cc2sc(C=C3C(=O)c4cc5ccccc5cc4C3=O)nc21. The van der Waals surface area contributed by atoms with Crippen molar-refractivity contribution < 1.29 is 9.59 Å². The molecule has 3 heterocycles. The van der Waals surface area contributed by atoms with Crippen molar-refractivity contribution in [2.24, 2.45) is 7.05 Å². The van der Waals surface area contributed by atoms with Gasteiger partial charge in [0.2, 0.25) is 0 Å². The molecule has 0 radical (unpaired) electrons. The maximum atomic E-state index is 13.0. The van der Waals surface area contributed by atoms with Crippen molar-refractivity contribution in [2.45, 2.75) is 0 Å². The number of hydrogen-bond donors (Lipinski definition) is 0. The lowest BCUT2D eigenvalue weighted by Gasteiger charge is -2.02. The first kappa shape index (κ1) is 17.9. The molecule has 0 saturated carbocycles. The van der Waals surface area contributed by atoms with E-state index in [0.29, 0.717) is 16.1 Å². The highest BCUT2D eigenvalue weighted by Crippen LogP contribution is 2.34. The number of allylic oxidation sites excluding steroid dienone is 1. The second-order valence-electron chi connectivity index (χ2n) is 7.53. The molecule has 0 unspecified atom stereocenters. The summed E-state index contributed by atoms with van der Waals surface area (Å²) in [5.41, 5.74) is 3.96. The zero-order valence-corrected chi connectivity index (χ0v) is 17.3. The largest absolute Gasteiger partial charge is 0.328 e. The molecule has 1 aliphatic rings. The molecular formula is C25H15N3O2S. The van der Waals surface area contributed by atoms with Crippen LogP contribution in [0.2, 0.25) is 0 Å². The number of nitrogens with zero attached hydrogens (tertiary/aromatic N) is 3. The Bertz CT molecular complexity index is 1520. The first-order valence-corrected chi connectivity index (χ1v) is 10.6. The van der Waals surface area contributed by atoms with E-state index in [1.165, 1.54) is 11.3 Å². The zero-order valence-electron chi connectivity index (χ0n) is 16.5. The summed E-state index contributed by atoms with van der Waals surface area (Å²) >= 11 is 1.47. The van der Waals surface area contributed by atoms with E-state index >= 15 is 0 Å². The molecule has 0 saturated heterocycles. The number of Topliss-reactive ketones (excluding diaryl/α,β-unsaturated/α-hetero) is 2. The van der Waals surface area contributed by atoms with Gasteiger partial charge in [-0.15, -0.1) is 11.3 Å². The highest BCUT2D eigenvalue weighted by molar-refractivity contribution is 7.19. The Kier molecular flexibility index (Phi) is 3.79. The van der Waals surface area contributed by atoms with Crippen LogP contribution in [0.3, 0.4) is 0 Å². The van der Waals surface area contributed by atoms with E-state index in [1.807, 2.05) is 66.3 Å². The Hall–Kier alpha value is -3.90. The van der Waals surface area contributed by atoms with Gasteiger partial charge in [-0.2, -0.15) is 0 Å². The third kappa shape index (κ3) is 2.69. The molecule has 6 rings (SSSR count). The van der Waals surface area contributed by atoms with Crippen LogP contribution in [0.4, 0.5) is 0 Å². The van der Waals surface area contributed by atoms with Gasteiger partial charge in [-0.25, -0.2) is 4.98 Å². The minimum absolute atomic E-state index is 0.178. The number of carbonyl (C=O) groups excluding carboxylic acids is 2. The van der Waals surface area contributed by atoms with E-state index in [-0.39, 0.29) is 17.1 Å². The standard InChI is InChI=1S/C25H15N3O2S/c1-28-20(16-7-4-8-26-13-16)12-21-25(28)27-22(31-21)11-19-23(29)17-9-14-5-2-3-6-15(14)10-18(17)24(19)30/h2-13H,1H3. The van der Waals surface area contributed by atoms with Crippen LogP contribution >= 0.6 is 11.3 Å². The van der Waals surface area contributed by atoms with Gasteiger partial charge in [0.05, 0.1) is 16.0 Å². The summed E-state index contributed by atoms with van der Waals surface area (Å²) in [6.45, 7) is 0. The first-order chi connectivity index (χ1) is 15.1. The third-order valence-corrected chi connectivity index (χ3v) is 6.63. The van der Waals surface area contributed by atoms with Crippen molar-refractivity contribution in [3.8, 4) is 11.3 Å². The maximum absolute atomic E-state index is 13.0. The summed E-state index contributed by atoms with van der Waals surface area (Å²) in [5, 5.41) is 2.55. The molecule has 0 bridgehead atoms. The summed E-state index contributed by atoms with van der Waals surface area (Å²) in [7, 11) is 1.95. The van der Waals surface area contributed by atoms with Crippen LogP contribution in [0.25, 0.3) is 38.5 Å². The molecule has 1 aliphatic carbocycles. The number of carbonyl (C=O) groups is 2. The monoisotopic (exact) mass is 421 g/mol. The van der Waals surface area contributed by atoms with Crippen LogP contribution in [0, 0.1) is 0 Å². The number of ketones is 2. The number of aryl methyl sites for hydroxylation is 1. The van der Waals surface area contributed by atoms with Gasteiger partial charge in [0.15, 0.2) is 17.2 Å². The summed E-state index contributed by atoms with van der Waals surface area (Å²) in [6.07, 6.45) is 5.19. The summed E-state index contributed by atoms with van der Waals surface area (Å²) in [4.78, 5) is 34.9. The summed E-state index contributed by atoms with van der Waals surface area (Å²) < 4.78 is 3.00. The zero-order chi connectivity index (χ0) is 21.1. The molecule has 0 spiro atoms. The van der Waals surface area contributed by atoms with Crippen LogP contribution in [0.1, 0.15) is 25.7 Å². The minimum Gasteiger partial charge on any atom is -0.328 e. The lowest BCUT2D eigenvalue weighted by molar-refractivity contribution is 0.0990. The molecule has 5 nitrogen and oxygen atoms in total. The van der Waals surface area contributed by atoms with Gasteiger partial charge in [0.1, 0.15) is 5.01 Å². The van der Waals surface area contributed by atoms with Gasteiger partial charge >= 0.3 is 0 Å². The molecule has 31 heavy (non-hydrogen) atoms. The second-order valence-corrected chi connectivity index (χ2v) is 8.59. The van der Waals surface area contributed by atoms with Crippen molar-refractivity contribution >= 4 is 50.1 Å². The molecule has 0 fully saturated rings. The average Bonchev–Trinajstić information content (AvgIpc) is 3.41. The van der Waals surface area contributed by atoms with E-state index in [9.17, 15) is 9.59 Å². The van der Waals surface area contributed by atoms with E-state index in [0.717, 1.165) is 32.4 Å². The van der Waals surface area contributed by atoms with Crippen LogP contribution in [0.15, 0.2) is 72.6 Å². The van der Waals surface area contributed by atoms with Crippen molar-refractivity contribution in [2.75, 3.05) is 0 Å². The molecule has 148 valence electrons. The average molecular weight is 421 g/mol. The number of aromatic nitrogens is 3. The second kappa shape index (κ2) is 6.55. The first-order valence-electron chi connectivity index (χ1n) is 9.81. The molecule has 0 aliphatic heterocycles. The lowest BCUT2D eigenvalue weighted by atomic mass is 10.0. The lowest BCUT2D eigenvalue weighted by Crippen LogP contribution is -2.00. The highest BCUT2D eigenvalue weighted by atomic mass is 32.1. The number of hydrogen-bond acceptors (Lipinski definition) is 5. The molecule has 0 amide bonds. The van der Waals surface area contributed by atoms with Gasteiger partial charge in [-0.1, -0.05) is 24.3 Å². The fraction of sp³-hybridized carbons (Fsp3) is 0.0400. The Labute approximate surface area is 181 Å². The van der Waals surface area contributed by atoms with Crippen LogP contribution < -0.4 is 0 Å². The number of fused-ring (bicyclic) bond motifs is 3. The van der Waals surface area contributed by atoms with Gasteiger partial charge < -0.3 is 4.57 Å². The molecule has 0 N–H and O–H groups in total. The number of rotatable bonds is 2. The van der Waals surface area contributed by atoms with Crippen molar-refractivity contribution in [1.82, 2.24) is 14.5 Å². The van der Waals surface area contributed by atoms with E-state index < -0.39 is 0 Å². The van der Waals surface area contributed by atoms with Gasteiger partial charge in [0, 0.05) is 36.1 Å². The Morgan fingerprint density at radius 2 is 1.65 bits per heavy atom. The predicted octanol–water partition coefficient (Wildman–Crippen LogP) is 5.31. The minimum atomic E-state index is -0.235. The fourth-order valence-corrected chi connectivity index (χ4v) is 5.11. The van der Waals surface area contributed by atoms with E-state index in [2.05, 4.69) is 16.0 Å². The van der Waals surface area contributed by atoms with Gasteiger partial charge in [-0.3, -0.25) is 14.6 Å². The van der Waals surface area contributed by atoms with Crippen molar-refractivity contribution in [3.05, 3.63) is 88.7 Å². The van der Waals surface area contributed by atoms with Gasteiger partial charge in [-0.05, 0) is 47.2 Å². The topological polar surface area (TPSA) is 64.8 Å². The molecule has 0 atom stereocenters. The summed E-state index contributed by atoms with van der Waals surface area (Å²) in [5.74, 6) is -0.470. The van der Waals surface area contributed by atoms with Gasteiger partial charge in [0.25, 0.3) is 0 Å². The molecule has 5 aromatic rings. The van der Waals surface area contributed by atoms with Crippen LogP contribution in [-0.2, 0) is 7.05 Å². The Balaban J connectivity index is 1.42. The number of thiazole rings is 1. The predicted molar refractivity (Wildman–Crippen MR) is 122 cm³/mol. The fourth-order valence-electron chi connectivity index (χ4n) is 4.13. The van der Waals surface area contributed by atoms with Crippen molar-refractivity contribution in [1.29, 1.82) is 0 Å². The normalized spacial score (nSPS) is 13.4.